The minimum absolute atomic E-state index is 0.230. The Morgan fingerprint density at radius 2 is 0.535 bits per heavy atom. The Balaban J connectivity index is 1.15. The van der Waals surface area contributed by atoms with Gasteiger partial charge in [0.25, 0.3) is 5.91 Å². The summed E-state index contributed by atoms with van der Waals surface area (Å²) in [6.45, 7) is 9.56. The molecule has 0 saturated heterocycles. The van der Waals surface area contributed by atoms with Crippen LogP contribution in [0.5, 0.6) is 0 Å². The topological polar surface area (TPSA) is 13.0 Å². The lowest BCUT2D eigenvalue weighted by Gasteiger charge is -2.53. The van der Waals surface area contributed by atoms with Crippen molar-refractivity contribution in [2.75, 3.05) is 19.6 Å². The van der Waals surface area contributed by atoms with Crippen molar-refractivity contribution in [2.24, 2.45) is 0 Å². The molecule has 0 bridgehead atoms. The van der Waals surface area contributed by atoms with Gasteiger partial charge in [0.15, 0.2) is 0 Å². The van der Waals surface area contributed by atoms with Crippen LogP contribution in [-0.4, -0.2) is 5.91 Å². The highest BCUT2D eigenvalue weighted by Gasteiger charge is 2.65. The number of anilines is 8. The van der Waals surface area contributed by atoms with Crippen LogP contribution < -0.4 is 19.6 Å². The molecule has 4 heteroatoms. The normalized spacial score (nSPS) is 15.8. The van der Waals surface area contributed by atoms with Crippen molar-refractivity contribution in [2.45, 2.75) is 44.4 Å². The summed E-state index contributed by atoms with van der Waals surface area (Å²) in [5.41, 5.74) is 23.5. The molecule has 1 spiro atoms. The Morgan fingerprint density at radius 1 is 0.239 bits per heavy atom. The molecule has 0 fully saturated rings. The second-order valence-electron chi connectivity index (χ2n) is 20.5. The highest BCUT2D eigenvalue weighted by Crippen LogP contribution is 2.67. The van der Waals surface area contributed by atoms with Gasteiger partial charge in [0.1, 0.15) is 0 Å². The minimum Gasteiger partial charge on any atom is -0.280 e. The van der Waals surface area contributed by atoms with Gasteiger partial charge in [0.05, 0.1) is 34.1 Å². The summed E-state index contributed by atoms with van der Waals surface area (Å²) in [5.74, 6) is -1.17. The maximum atomic E-state index is 2.67. The van der Waals surface area contributed by atoms with Crippen LogP contribution in [0.4, 0.5) is 45.5 Å². The monoisotopic (exact) mass is 912 g/mol. The summed E-state index contributed by atoms with van der Waals surface area (Å²) in [6, 6.07) is 90.5. The van der Waals surface area contributed by atoms with Crippen LogP contribution in [0.2, 0.25) is 0 Å². The molecule has 0 radical (unpaired) electrons. The summed E-state index contributed by atoms with van der Waals surface area (Å²) in [7, 11) is 0. The fraction of sp³-hybridized carbons (Fsp3) is 0.104. The first kappa shape index (κ1) is 41.4. The lowest BCUT2D eigenvalue weighted by molar-refractivity contribution is 0.479. The highest BCUT2D eigenvalue weighted by molar-refractivity contribution is 6.06. The third kappa shape index (κ3) is 5.67. The van der Waals surface area contributed by atoms with Gasteiger partial charge in [0, 0.05) is 33.3 Å². The smallest absolute Gasteiger partial charge is 0.280 e. The minimum atomic E-state index is -1.17. The molecule has 0 unspecified atom stereocenters. The van der Waals surface area contributed by atoms with Gasteiger partial charge in [-0.3, -0.25) is 19.6 Å². The Kier molecular flexibility index (Phi) is 8.86. The van der Waals surface area contributed by atoms with E-state index in [1.165, 1.54) is 44.5 Å². The quantitative estimate of drug-likeness (QED) is 0.165. The zero-order valence-electron chi connectivity index (χ0n) is 40.4. The first-order chi connectivity index (χ1) is 34.8. The fourth-order valence-corrected chi connectivity index (χ4v) is 12.9. The second kappa shape index (κ2) is 15.2. The lowest BCUT2D eigenvalue weighted by atomic mass is 9.82. The summed E-state index contributed by atoms with van der Waals surface area (Å²) < 4.78 is 0. The van der Waals surface area contributed by atoms with Gasteiger partial charge in [-0.1, -0.05) is 210 Å². The Morgan fingerprint density at radius 3 is 0.930 bits per heavy atom. The molecule has 2 aliphatic carbocycles. The van der Waals surface area contributed by atoms with Crippen LogP contribution in [0.15, 0.2) is 243 Å². The Labute approximate surface area is 417 Å². The van der Waals surface area contributed by atoms with Gasteiger partial charge < -0.3 is 0 Å². The van der Waals surface area contributed by atoms with Crippen molar-refractivity contribution >= 4 is 45.5 Å². The van der Waals surface area contributed by atoms with Crippen LogP contribution >= 0.6 is 0 Å². The number of para-hydroxylation sites is 6. The second-order valence-corrected chi connectivity index (χ2v) is 20.5. The van der Waals surface area contributed by atoms with Crippen molar-refractivity contribution < 1.29 is 0 Å². The Bertz CT molecular complexity index is 3510. The molecule has 340 valence electrons. The van der Waals surface area contributed by atoms with Crippen molar-refractivity contribution in [1.82, 2.24) is 0 Å². The van der Waals surface area contributed by atoms with E-state index in [2.05, 4.69) is 290 Å². The van der Waals surface area contributed by atoms with E-state index in [1.54, 1.807) is 0 Å². The third-order valence-corrected chi connectivity index (χ3v) is 16.0. The predicted molar refractivity (Wildman–Crippen MR) is 296 cm³/mol. The van der Waals surface area contributed by atoms with E-state index in [4.69, 9.17) is 0 Å². The zero-order valence-corrected chi connectivity index (χ0v) is 40.4. The van der Waals surface area contributed by atoms with Gasteiger partial charge in [-0.15, -0.1) is 0 Å². The molecule has 14 rings (SSSR count). The van der Waals surface area contributed by atoms with Crippen molar-refractivity contribution in [3.05, 3.63) is 265 Å². The number of rotatable bonds is 6. The highest BCUT2D eigenvalue weighted by atomic mass is 15.8. The van der Waals surface area contributed by atoms with Crippen LogP contribution in [-0.2, 0) is 10.8 Å². The predicted octanol–water partition coefficient (Wildman–Crippen LogP) is 17.5. The molecule has 0 amide bonds. The third-order valence-electron chi connectivity index (χ3n) is 16.0. The van der Waals surface area contributed by atoms with Crippen molar-refractivity contribution in [3.8, 4) is 44.5 Å². The molecule has 10 aromatic carbocycles. The number of hydrogen-bond acceptors (Lipinski definition) is 4. The number of benzene rings is 10. The number of hydrogen-bond donors (Lipinski definition) is 0. The molecule has 4 nitrogen and oxygen atoms in total. The molecular weight excluding hydrogens is 861 g/mol. The molecule has 2 heterocycles. The maximum absolute atomic E-state index is 2.67. The summed E-state index contributed by atoms with van der Waals surface area (Å²) in [4.78, 5) is 10.6. The molecule has 0 aromatic heterocycles. The van der Waals surface area contributed by atoms with Crippen LogP contribution in [0.1, 0.15) is 49.9 Å². The molecule has 10 aromatic rings. The average molecular weight is 913 g/mol. The van der Waals surface area contributed by atoms with E-state index in [1.807, 2.05) is 0 Å². The SMILES string of the molecule is CC1(C)c2ccccc2-c2ccc(N3c4ccccc4N(c4ccc5c(c4)C(C)(C)c4ccccc4-5)C34N(c3ccccc3-c3ccccc3)c3ccccc3N4c3ccccc3-c3ccccc3)cc21. The van der Waals surface area contributed by atoms with E-state index < -0.39 is 5.91 Å². The zero-order chi connectivity index (χ0) is 47.6. The van der Waals surface area contributed by atoms with Gasteiger partial charge in [-0.05, 0) is 116 Å². The number of nitrogens with zero attached hydrogens (tertiary/aromatic N) is 4. The van der Waals surface area contributed by atoms with Crippen molar-refractivity contribution in [1.29, 1.82) is 0 Å². The van der Waals surface area contributed by atoms with E-state index in [0.717, 1.165) is 67.8 Å². The summed E-state index contributed by atoms with van der Waals surface area (Å²) in [6.07, 6.45) is 0. The van der Waals surface area contributed by atoms with Gasteiger partial charge in [-0.2, -0.15) is 0 Å². The van der Waals surface area contributed by atoms with Crippen LogP contribution in [0, 0.1) is 0 Å². The van der Waals surface area contributed by atoms with Gasteiger partial charge >= 0.3 is 0 Å². The summed E-state index contributed by atoms with van der Waals surface area (Å²) >= 11 is 0. The van der Waals surface area contributed by atoms with Crippen LogP contribution in [0.3, 0.4) is 0 Å². The maximum Gasteiger partial charge on any atom is 0.295 e. The van der Waals surface area contributed by atoms with E-state index in [0.29, 0.717) is 0 Å². The Hall–Kier alpha value is -8.60. The van der Waals surface area contributed by atoms with Gasteiger partial charge in [0.2, 0.25) is 0 Å². The first-order valence-corrected chi connectivity index (χ1v) is 24.9. The molecule has 0 atom stereocenters. The molecule has 2 aliphatic heterocycles. The lowest BCUT2D eigenvalue weighted by Crippen LogP contribution is -2.70. The first-order valence-electron chi connectivity index (χ1n) is 24.9. The van der Waals surface area contributed by atoms with E-state index in [-0.39, 0.29) is 10.8 Å². The molecule has 71 heavy (non-hydrogen) atoms. The summed E-state index contributed by atoms with van der Waals surface area (Å²) in [5, 5.41) is 0. The van der Waals surface area contributed by atoms with Gasteiger partial charge in [-0.25, -0.2) is 0 Å². The molecule has 0 N–H and O–H groups in total. The van der Waals surface area contributed by atoms with Crippen LogP contribution in [0.25, 0.3) is 44.5 Å². The standard InChI is InChI=1S/C67H52N4/c1-65(2)55-31-15-11-29-51(55)53-41-39-47(43-57(53)65)68-61-35-19-20-36-62(61)69(48-40-42-54-52-30-12-16-32-56(52)66(3,4)58(54)44-48)67(68)70(59-33-17-13-27-49(59)45-23-7-5-8-24-45)63-37-21-22-38-64(63)71(67)60-34-18-14-28-50(60)46-25-9-6-10-26-46/h5-44H,1-4H3. The van der Waals surface area contributed by atoms with E-state index in [9.17, 15) is 0 Å². The average Bonchev–Trinajstić information content (AvgIpc) is 4.06. The number of fused-ring (bicyclic) bond motifs is 8. The van der Waals surface area contributed by atoms with E-state index >= 15 is 0 Å². The molecule has 0 saturated carbocycles. The van der Waals surface area contributed by atoms with Crippen molar-refractivity contribution in [3.63, 3.8) is 0 Å². The largest absolute Gasteiger partial charge is 0.295 e. The fourth-order valence-electron chi connectivity index (χ4n) is 12.9. The molecule has 4 aliphatic rings. The molecular formula is C67H52N4.